The molecule has 1 aliphatic heterocycles. The number of benzene rings is 2. The van der Waals surface area contributed by atoms with Gasteiger partial charge in [-0.15, -0.1) is 6.58 Å². The fourth-order valence-corrected chi connectivity index (χ4v) is 4.97. The lowest BCUT2D eigenvalue weighted by atomic mass is 10.2. The highest BCUT2D eigenvalue weighted by Gasteiger charge is 2.31. The lowest BCUT2D eigenvalue weighted by molar-refractivity contribution is -0.121. The van der Waals surface area contributed by atoms with E-state index in [-0.39, 0.29) is 5.91 Å². The number of ether oxygens (including phenoxy) is 3. The third-order valence-corrected chi connectivity index (χ3v) is 6.59. The van der Waals surface area contributed by atoms with Gasteiger partial charge in [0.1, 0.15) is 23.3 Å². The number of para-hydroxylation sites is 1. The summed E-state index contributed by atoms with van der Waals surface area (Å²) in [6, 6.07) is 11.7. The van der Waals surface area contributed by atoms with Crippen LogP contribution in [0.4, 0.5) is 0 Å². The molecule has 0 N–H and O–H groups in total. The maximum Gasteiger partial charge on any atom is 0.266 e. The summed E-state index contributed by atoms with van der Waals surface area (Å²) in [5.41, 5.74) is 1.92. The first kappa shape index (κ1) is 23.6. The molecular weight excluding hydrogens is 545 g/mol. The Morgan fingerprint density at radius 2 is 1.94 bits per heavy atom. The molecule has 0 saturated carbocycles. The van der Waals surface area contributed by atoms with E-state index >= 15 is 0 Å². The van der Waals surface area contributed by atoms with Crippen molar-refractivity contribution in [3.63, 3.8) is 0 Å². The van der Waals surface area contributed by atoms with Gasteiger partial charge in [-0.2, -0.15) is 0 Å². The Balaban J connectivity index is 1.70. The molecule has 1 aliphatic rings. The Hall–Kier alpha value is -2.04. The quantitative estimate of drug-likeness (QED) is 0.132. The van der Waals surface area contributed by atoms with E-state index in [4.69, 9.17) is 26.4 Å². The number of carbonyl (C=O) groups is 1. The van der Waals surface area contributed by atoms with Gasteiger partial charge in [-0.25, -0.2) is 0 Å². The minimum Gasteiger partial charge on any atom is -0.493 e. The van der Waals surface area contributed by atoms with Crippen molar-refractivity contribution in [2.45, 2.75) is 6.92 Å². The van der Waals surface area contributed by atoms with Gasteiger partial charge < -0.3 is 14.2 Å². The average molecular weight is 567 g/mol. The highest BCUT2D eigenvalue weighted by atomic mass is 127. The molecule has 1 amide bonds. The Bertz CT molecular complexity index is 1040. The van der Waals surface area contributed by atoms with Crippen molar-refractivity contribution in [3.05, 3.63) is 68.7 Å². The molecule has 3 rings (SSSR count). The largest absolute Gasteiger partial charge is 0.493 e. The van der Waals surface area contributed by atoms with Gasteiger partial charge in [-0.3, -0.25) is 9.69 Å². The lowest BCUT2D eigenvalue weighted by Gasteiger charge is -2.15. The molecule has 1 fully saturated rings. The topological polar surface area (TPSA) is 48.0 Å². The monoisotopic (exact) mass is 567 g/mol. The Labute approximate surface area is 205 Å². The molecule has 0 atom stereocenters. The summed E-state index contributed by atoms with van der Waals surface area (Å²) in [6.07, 6.45) is 3.48. The fourth-order valence-electron chi connectivity index (χ4n) is 2.91. The number of thioether (sulfide) groups is 1. The molecule has 8 heteroatoms. The second-order valence-corrected chi connectivity index (χ2v) is 9.42. The first-order valence-electron chi connectivity index (χ1n) is 9.49. The van der Waals surface area contributed by atoms with Crippen LogP contribution in [-0.2, 0) is 4.79 Å². The zero-order valence-electron chi connectivity index (χ0n) is 17.2. The number of aryl methyl sites for hydroxylation is 1. The first-order chi connectivity index (χ1) is 14.9. The molecule has 0 aliphatic carbocycles. The molecule has 2 aromatic carbocycles. The third kappa shape index (κ3) is 5.81. The van der Waals surface area contributed by atoms with Gasteiger partial charge in [0.05, 0.1) is 15.6 Å². The van der Waals surface area contributed by atoms with Gasteiger partial charge >= 0.3 is 0 Å². The smallest absolute Gasteiger partial charge is 0.266 e. The number of carbonyl (C=O) groups excluding carboxylic acids is 1. The van der Waals surface area contributed by atoms with E-state index in [1.54, 1.807) is 13.2 Å². The number of methoxy groups -OCH3 is 1. The summed E-state index contributed by atoms with van der Waals surface area (Å²) >= 11 is 8.78. The molecule has 162 valence electrons. The summed E-state index contributed by atoms with van der Waals surface area (Å²) in [5, 5.41) is 0. The Kier molecular flexibility index (Phi) is 8.39. The molecule has 0 bridgehead atoms. The average Bonchev–Trinajstić information content (AvgIpc) is 3.01. The number of amides is 1. The van der Waals surface area contributed by atoms with Crippen LogP contribution in [-0.4, -0.2) is 42.0 Å². The molecule has 2 aromatic rings. The van der Waals surface area contributed by atoms with Crippen molar-refractivity contribution >= 4 is 62.9 Å². The van der Waals surface area contributed by atoms with Crippen LogP contribution in [0.3, 0.4) is 0 Å². The van der Waals surface area contributed by atoms with Gasteiger partial charge in [-0.1, -0.05) is 48.3 Å². The minimum atomic E-state index is -0.113. The van der Waals surface area contributed by atoms with E-state index in [1.807, 2.05) is 49.4 Å². The van der Waals surface area contributed by atoms with Crippen molar-refractivity contribution < 1.29 is 19.0 Å². The van der Waals surface area contributed by atoms with Gasteiger partial charge in [-0.05, 0) is 64.9 Å². The highest BCUT2D eigenvalue weighted by molar-refractivity contribution is 14.1. The number of hydrogen-bond acceptors (Lipinski definition) is 6. The summed E-state index contributed by atoms with van der Waals surface area (Å²) < 4.78 is 18.7. The van der Waals surface area contributed by atoms with Gasteiger partial charge in [0, 0.05) is 6.54 Å². The summed E-state index contributed by atoms with van der Waals surface area (Å²) in [5.74, 6) is 1.97. The maximum atomic E-state index is 12.6. The predicted octanol–water partition coefficient (Wildman–Crippen LogP) is 5.45. The van der Waals surface area contributed by atoms with E-state index in [0.717, 1.165) is 20.4 Å². The number of nitrogens with zero attached hydrogens (tertiary/aromatic N) is 1. The number of rotatable bonds is 9. The molecular formula is C23H22INO4S2. The number of thiocarbonyl (C=S) groups is 1. The number of halogens is 1. The minimum absolute atomic E-state index is 0.113. The fraction of sp³-hybridized carbons (Fsp3) is 0.217. The van der Waals surface area contributed by atoms with Gasteiger partial charge in [0.2, 0.25) is 0 Å². The highest BCUT2D eigenvalue weighted by Crippen LogP contribution is 2.37. The maximum absolute atomic E-state index is 12.6. The van der Waals surface area contributed by atoms with Crippen LogP contribution >= 0.6 is 46.6 Å². The summed E-state index contributed by atoms with van der Waals surface area (Å²) in [7, 11) is 1.59. The van der Waals surface area contributed by atoms with Crippen LogP contribution in [0.1, 0.15) is 11.1 Å². The molecule has 0 aromatic heterocycles. The Morgan fingerprint density at radius 1 is 1.19 bits per heavy atom. The molecule has 5 nitrogen and oxygen atoms in total. The van der Waals surface area contributed by atoms with Crippen LogP contribution in [0.5, 0.6) is 17.2 Å². The van der Waals surface area contributed by atoms with Crippen molar-refractivity contribution in [1.82, 2.24) is 4.90 Å². The standard InChI is InChI=1S/C23H22INO4S2/c1-4-9-25-22(26)20(31-23(25)30)14-16-12-17(24)21(19(13-16)27-3)29-11-10-28-18-8-6-5-7-15(18)2/h4-8,12-14H,1,9-11H2,2-3H3/b20-14-. The van der Waals surface area contributed by atoms with Crippen molar-refractivity contribution in [2.75, 3.05) is 26.9 Å². The first-order valence-corrected chi connectivity index (χ1v) is 11.8. The number of hydrogen-bond donors (Lipinski definition) is 0. The van der Waals surface area contributed by atoms with Crippen LogP contribution in [0.15, 0.2) is 54.0 Å². The van der Waals surface area contributed by atoms with Crippen LogP contribution < -0.4 is 14.2 Å². The Morgan fingerprint density at radius 3 is 2.65 bits per heavy atom. The second-order valence-electron chi connectivity index (χ2n) is 6.58. The third-order valence-electron chi connectivity index (χ3n) is 4.42. The molecule has 31 heavy (non-hydrogen) atoms. The summed E-state index contributed by atoms with van der Waals surface area (Å²) in [4.78, 5) is 14.7. The zero-order valence-corrected chi connectivity index (χ0v) is 21.0. The molecule has 1 saturated heterocycles. The summed E-state index contributed by atoms with van der Waals surface area (Å²) in [6.45, 7) is 6.87. The van der Waals surface area contributed by atoms with Crippen LogP contribution in [0, 0.1) is 10.5 Å². The zero-order chi connectivity index (χ0) is 22.4. The molecule has 0 radical (unpaired) electrons. The van der Waals surface area contributed by atoms with E-state index < -0.39 is 0 Å². The van der Waals surface area contributed by atoms with E-state index in [9.17, 15) is 4.79 Å². The van der Waals surface area contributed by atoms with Crippen molar-refractivity contribution in [3.8, 4) is 17.2 Å². The normalized spacial score (nSPS) is 14.8. The van der Waals surface area contributed by atoms with E-state index in [1.165, 1.54) is 16.7 Å². The molecule has 1 heterocycles. The molecule has 0 unspecified atom stereocenters. The van der Waals surface area contributed by atoms with E-state index in [2.05, 4.69) is 29.2 Å². The lowest BCUT2D eigenvalue weighted by Crippen LogP contribution is -2.27. The predicted molar refractivity (Wildman–Crippen MR) is 138 cm³/mol. The van der Waals surface area contributed by atoms with Gasteiger partial charge in [0.15, 0.2) is 11.5 Å². The second kappa shape index (κ2) is 11.0. The SMILES string of the molecule is C=CCN1C(=O)/C(=C/c2cc(I)c(OCCOc3ccccc3C)c(OC)c2)SC1=S. The van der Waals surface area contributed by atoms with E-state index in [0.29, 0.717) is 40.5 Å². The van der Waals surface area contributed by atoms with Crippen molar-refractivity contribution in [1.29, 1.82) is 0 Å². The van der Waals surface area contributed by atoms with Crippen LogP contribution in [0.25, 0.3) is 6.08 Å². The van der Waals surface area contributed by atoms with Crippen molar-refractivity contribution in [2.24, 2.45) is 0 Å². The van der Waals surface area contributed by atoms with Crippen LogP contribution in [0.2, 0.25) is 0 Å². The van der Waals surface area contributed by atoms with Gasteiger partial charge in [0.25, 0.3) is 5.91 Å². The molecule has 0 spiro atoms.